The Kier molecular flexibility index (Phi) is 7.63. The number of carbonyl (C=O) groups is 2. The van der Waals surface area contributed by atoms with Gasteiger partial charge in [-0.25, -0.2) is 9.59 Å². The Morgan fingerprint density at radius 3 is 2.48 bits per heavy atom. The van der Waals surface area contributed by atoms with Gasteiger partial charge in [-0.1, -0.05) is 0 Å². The van der Waals surface area contributed by atoms with Crippen molar-refractivity contribution in [2.45, 2.75) is 25.5 Å². The fraction of sp³-hybridized carbons (Fsp3) is 0.357. The summed E-state index contributed by atoms with van der Waals surface area (Å²) in [6, 6.07) is 4.30. The molecule has 0 spiro atoms. The van der Waals surface area contributed by atoms with E-state index < -0.39 is 23.0 Å². The predicted octanol–water partition coefficient (Wildman–Crippen LogP) is 0.328. The normalized spacial score (nSPS) is 11.2. The Morgan fingerprint density at radius 1 is 1.32 bits per heavy atom. The van der Waals surface area contributed by atoms with E-state index in [1.54, 1.807) is 0 Å². The first-order chi connectivity index (χ1) is 11.8. The number of nitrogens with one attached hydrogen (secondary N) is 1. The minimum absolute atomic E-state index is 0.0834. The van der Waals surface area contributed by atoms with Crippen LogP contribution < -0.4 is 16.8 Å². The first-order valence-electron chi connectivity index (χ1n) is 7.24. The summed E-state index contributed by atoms with van der Waals surface area (Å²) >= 11 is 0. The van der Waals surface area contributed by atoms with Gasteiger partial charge >= 0.3 is 12.1 Å². The highest BCUT2D eigenvalue weighted by molar-refractivity contribution is 5.79. The molecule has 1 rings (SSSR count). The maximum Gasteiger partial charge on any atom is 0.408 e. The molecule has 6 N–H and O–H groups in total. The fourth-order valence-corrected chi connectivity index (χ4v) is 1.81. The van der Waals surface area contributed by atoms with Crippen LogP contribution in [-0.2, 0) is 16.1 Å². The molecule has 1 aromatic rings. The summed E-state index contributed by atoms with van der Waals surface area (Å²) in [7, 11) is 0. The van der Waals surface area contributed by atoms with Crippen LogP contribution in [0.25, 0.3) is 0 Å². The second kappa shape index (κ2) is 9.70. The number of carboxylic acids is 1. The average molecular weight is 353 g/mol. The van der Waals surface area contributed by atoms with E-state index in [9.17, 15) is 19.7 Å². The number of nitro groups is 1. The number of hydrogen-bond donors (Lipinski definition) is 4. The van der Waals surface area contributed by atoms with Crippen LogP contribution in [0, 0.1) is 10.1 Å². The van der Waals surface area contributed by atoms with Gasteiger partial charge in [-0.2, -0.15) is 0 Å². The molecule has 0 aliphatic heterocycles. The van der Waals surface area contributed by atoms with Crippen LogP contribution in [0.1, 0.15) is 18.4 Å². The zero-order chi connectivity index (χ0) is 18.8. The maximum atomic E-state index is 11.7. The van der Waals surface area contributed by atoms with Crippen molar-refractivity contribution in [2.75, 3.05) is 6.54 Å². The van der Waals surface area contributed by atoms with Crippen molar-refractivity contribution >= 4 is 23.7 Å². The highest BCUT2D eigenvalue weighted by Gasteiger charge is 2.20. The standard InChI is InChI=1S/C14H19N5O6/c15-13(16)17-7-1-2-11(12(20)21)18-14(22)25-8-9-3-5-10(6-4-9)19(23)24/h3-6,11H,1-2,7-8H2,(H,18,22)(H,20,21)(H4,15,16,17)/t11-/m1/s1. The number of nitrogens with zero attached hydrogens (tertiary/aromatic N) is 2. The van der Waals surface area contributed by atoms with E-state index in [4.69, 9.17) is 21.3 Å². The lowest BCUT2D eigenvalue weighted by Gasteiger charge is -2.14. The van der Waals surface area contributed by atoms with Crippen LogP contribution >= 0.6 is 0 Å². The van der Waals surface area contributed by atoms with Crippen LogP contribution in [-0.4, -0.2) is 40.6 Å². The molecule has 0 aromatic heterocycles. The van der Waals surface area contributed by atoms with Crippen LogP contribution in [0.5, 0.6) is 0 Å². The molecule has 1 aromatic carbocycles. The van der Waals surface area contributed by atoms with Crippen LogP contribution in [0.2, 0.25) is 0 Å². The van der Waals surface area contributed by atoms with E-state index in [0.717, 1.165) is 0 Å². The number of alkyl carbamates (subject to hydrolysis) is 1. The van der Waals surface area contributed by atoms with E-state index in [1.165, 1.54) is 24.3 Å². The largest absolute Gasteiger partial charge is 0.480 e. The van der Waals surface area contributed by atoms with Crippen molar-refractivity contribution in [1.82, 2.24) is 5.32 Å². The Bertz CT molecular complexity index is 642. The number of carbonyl (C=O) groups excluding carboxylic acids is 1. The van der Waals surface area contributed by atoms with Crippen molar-refractivity contribution in [2.24, 2.45) is 16.5 Å². The summed E-state index contributed by atoms with van der Waals surface area (Å²) in [5, 5.41) is 21.8. The first kappa shape index (κ1) is 19.7. The quantitative estimate of drug-likeness (QED) is 0.161. The Morgan fingerprint density at radius 2 is 1.96 bits per heavy atom. The third-order valence-corrected chi connectivity index (χ3v) is 3.05. The lowest BCUT2D eigenvalue weighted by atomic mass is 10.1. The smallest absolute Gasteiger partial charge is 0.408 e. The number of carboxylic acid groups (broad SMARTS) is 1. The van der Waals surface area contributed by atoms with Gasteiger partial charge in [0, 0.05) is 18.7 Å². The Hall–Kier alpha value is -3.37. The average Bonchev–Trinajstić information content (AvgIpc) is 2.55. The third-order valence-electron chi connectivity index (χ3n) is 3.05. The van der Waals surface area contributed by atoms with Gasteiger partial charge in [-0.05, 0) is 30.5 Å². The molecule has 1 amide bonds. The van der Waals surface area contributed by atoms with Gasteiger partial charge < -0.3 is 26.6 Å². The highest BCUT2D eigenvalue weighted by Crippen LogP contribution is 2.12. The summed E-state index contributed by atoms with van der Waals surface area (Å²) in [5.74, 6) is -1.31. The number of non-ortho nitro benzene ring substituents is 1. The molecule has 0 heterocycles. The zero-order valence-electron chi connectivity index (χ0n) is 13.3. The van der Waals surface area contributed by atoms with Gasteiger partial charge in [0.05, 0.1) is 4.92 Å². The van der Waals surface area contributed by atoms with Gasteiger partial charge in [0.2, 0.25) is 0 Å². The minimum atomic E-state index is -1.21. The molecule has 11 nitrogen and oxygen atoms in total. The lowest BCUT2D eigenvalue weighted by molar-refractivity contribution is -0.384. The fourth-order valence-electron chi connectivity index (χ4n) is 1.81. The van der Waals surface area contributed by atoms with Gasteiger partial charge in [-0.15, -0.1) is 0 Å². The van der Waals surface area contributed by atoms with E-state index >= 15 is 0 Å². The first-order valence-corrected chi connectivity index (χ1v) is 7.24. The van der Waals surface area contributed by atoms with Crippen LogP contribution in [0.3, 0.4) is 0 Å². The third kappa shape index (κ3) is 7.63. The number of nitro benzene ring substituents is 1. The van der Waals surface area contributed by atoms with E-state index in [0.29, 0.717) is 12.0 Å². The molecule has 0 saturated carbocycles. The molecule has 11 heteroatoms. The van der Waals surface area contributed by atoms with Crippen LogP contribution in [0.4, 0.5) is 10.5 Å². The number of rotatable bonds is 9. The Balaban J connectivity index is 2.45. The maximum absolute atomic E-state index is 11.7. The van der Waals surface area contributed by atoms with Gasteiger partial charge in [0.15, 0.2) is 5.96 Å². The molecule has 0 bridgehead atoms. The van der Waals surface area contributed by atoms with Crippen molar-refractivity contribution in [3.63, 3.8) is 0 Å². The van der Waals surface area contributed by atoms with Crippen molar-refractivity contribution < 1.29 is 24.4 Å². The molecular weight excluding hydrogens is 334 g/mol. The second-order valence-corrected chi connectivity index (χ2v) is 4.98. The number of ether oxygens (including phenoxy) is 1. The number of amides is 1. The molecule has 0 saturated heterocycles. The van der Waals surface area contributed by atoms with E-state index in [-0.39, 0.29) is 31.2 Å². The molecule has 0 radical (unpaired) electrons. The molecule has 136 valence electrons. The van der Waals surface area contributed by atoms with Gasteiger partial charge in [0.25, 0.3) is 5.69 Å². The number of aliphatic carboxylic acids is 1. The highest BCUT2D eigenvalue weighted by atomic mass is 16.6. The summed E-state index contributed by atoms with van der Waals surface area (Å²) in [5.41, 5.74) is 10.8. The van der Waals surface area contributed by atoms with Gasteiger partial charge in [-0.3, -0.25) is 15.1 Å². The summed E-state index contributed by atoms with van der Waals surface area (Å²) < 4.78 is 4.90. The molecule has 0 aliphatic carbocycles. The number of hydrogen-bond acceptors (Lipinski definition) is 6. The van der Waals surface area contributed by atoms with Crippen LogP contribution in [0.15, 0.2) is 29.3 Å². The minimum Gasteiger partial charge on any atom is -0.480 e. The summed E-state index contributed by atoms with van der Waals surface area (Å²) in [6.45, 7) is 0.0931. The van der Waals surface area contributed by atoms with Crippen molar-refractivity contribution in [3.05, 3.63) is 39.9 Å². The molecule has 1 atom stereocenters. The monoisotopic (exact) mass is 353 g/mol. The zero-order valence-corrected chi connectivity index (χ0v) is 13.3. The number of benzene rings is 1. The molecule has 25 heavy (non-hydrogen) atoms. The van der Waals surface area contributed by atoms with Gasteiger partial charge in [0.1, 0.15) is 12.6 Å². The van der Waals surface area contributed by atoms with Crippen molar-refractivity contribution in [1.29, 1.82) is 0 Å². The van der Waals surface area contributed by atoms with Crippen molar-refractivity contribution in [3.8, 4) is 0 Å². The summed E-state index contributed by atoms with van der Waals surface area (Å²) in [4.78, 5) is 36.5. The lowest BCUT2D eigenvalue weighted by Crippen LogP contribution is -2.41. The second-order valence-electron chi connectivity index (χ2n) is 4.98. The molecular formula is C14H19N5O6. The molecule has 0 aliphatic rings. The SMILES string of the molecule is NC(N)=NCCC[C@@H](NC(=O)OCc1ccc([N+](=O)[O-])cc1)C(=O)O. The Labute approximate surface area is 142 Å². The number of aliphatic imine (C=N–C) groups is 1. The van der Waals surface area contributed by atoms with E-state index in [2.05, 4.69) is 10.3 Å². The topological polar surface area (TPSA) is 183 Å². The predicted molar refractivity (Wildman–Crippen MR) is 87.8 cm³/mol. The molecule has 0 fully saturated rings. The number of nitrogens with two attached hydrogens (primary N) is 2. The number of guanidine groups is 1. The van der Waals surface area contributed by atoms with E-state index in [1.807, 2.05) is 0 Å². The molecule has 0 unspecified atom stereocenters. The summed E-state index contributed by atoms with van der Waals surface area (Å²) in [6.07, 6.45) is -0.427.